The summed E-state index contributed by atoms with van der Waals surface area (Å²) < 4.78 is 0. The number of aliphatic hydroxyl groups is 1. The van der Waals surface area contributed by atoms with E-state index in [0.717, 1.165) is 0 Å². The van der Waals surface area contributed by atoms with Crippen LogP contribution in [-0.2, 0) is 5.41 Å². The number of hydrogen-bond acceptors (Lipinski definition) is 6. The highest BCUT2D eigenvalue weighted by atomic mass is 35.5. The number of rotatable bonds is 5. The summed E-state index contributed by atoms with van der Waals surface area (Å²) in [6.45, 7) is 7.36. The van der Waals surface area contributed by atoms with Crippen LogP contribution in [0, 0.1) is 10.1 Å². The molecule has 20 heavy (non-hydrogen) atoms. The number of hydrogen-bond donors (Lipinski definition) is 2. The Morgan fingerprint density at radius 3 is 2.45 bits per heavy atom. The lowest BCUT2D eigenvalue weighted by molar-refractivity contribution is -0.384. The first-order chi connectivity index (χ1) is 9.20. The molecule has 1 rings (SSSR count). The third-order valence-corrected chi connectivity index (χ3v) is 3.01. The number of nitrogens with one attached hydrogen (secondary N) is 1. The van der Waals surface area contributed by atoms with Gasteiger partial charge in [-0.2, -0.15) is 0 Å². The molecule has 1 aromatic heterocycles. The van der Waals surface area contributed by atoms with Gasteiger partial charge in [0.2, 0.25) is 11.0 Å². The first-order valence-corrected chi connectivity index (χ1v) is 6.68. The molecule has 0 amide bonds. The van der Waals surface area contributed by atoms with Crippen LogP contribution in [0.3, 0.4) is 0 Å². The van der Waals surface area contributed by atoms with E-state index in [-0.39, 0.29) is 29.3 Å². The molecule has 0 aliphatic carbocycles. The van der Waals surface area contributed by atoms with E-state index in [9.17, 15) is 15.2 Å². The minimum atomic E-state index is -0.624. The fourth-order valence-corrected chi connectivity index (χ4v) is 1.73. The van der Waals surface area contributed by atoms with Gasteiger partial charge in [-0.15, -0.1) is 0 Å². The summed E-state index contributed by atoms with van der Waals surface area (Å²) >= 11 is 5.91. The molecule has 0 aliphatic heterocycles. The lowest BCUT2D eigenvalue weighted by Gasteiger charge is -2.20. The Morgan fingerprint density at radius 1 is 1.45 bits per heavy atom. The third-order valence-electron chi connectivity index (χ3n) is 2.75. The maximum absolute atomic E-state index is 11.1. The molecule has 8 heteroatoms. The summed E-state index contributed by atoms with van der Waals surface area (Å²) in [6.07, 6.45) is 0.597. The molecule has 1 atom stereocenters. The molecule has 1 aromatic rings. The Hall–Kier alpha value is -1.47. The van der Waals surface area contributed by atoms with Gasteiger partial charge in [-0.1, -0.05) is 39.3 Å². The van der Waals surface area contributed by atoms with Crippen molar-refractivity contribution in [2.45, 2.75) is 45.6 Å². The van der Waals surface area contributed by atoms with Crippen LogP contribution in [0.1, 0.15) is 39.9 Å². The van der Waals surface area contributed by atoms with Gasteiger partial charge in [-0.3, -0.25) is 10.1 Å². The van der Waals surface area contributed by atoms with Crippen molar-refractivity contribution < 1.29 is 10.0 Å². The smallest absolute Gasteiger partial charge is 0.348 e. The fourth-order valence-electron chi connectivity index (χ4n) is 1.50. The third kappa shape index (κ3) is 3.77. The molecule has 0 spiro atoms. The average Bonchev–Trinajstić information content (AvgIpc) is 2.33. The van der Waals surface area contributed by atoms with Crippen LogP contribution >= 0.6 is 11.6 Å². The van der Waals surface area contributed by atoms with Crippen LogP contribution in [0.25, 0.3) is 0 Å². The normalized spacial score (nSPS) is 13.1. The van der Waals surface area contributed by atoms with Crippen LogP contribution < -0.4 is 5.32 Å². The lowest BCUT2D eigenvalue weighted by atomic mass is 9.96. The van der Waals surface area contributed by atoms with Gasteiger partial charge in [-0.25, -0.2) is 9.97 Å². The van der Waals surface area contributed by atoms with Gasteiger partial charge in [0.15, 0.2) is 0 Å². The topological polar surface area (TPSA) is 101 Å². The van der Waals surface area contributed by atoms with Crippen LogP contribution in [0.4, 0.5) is 11.5 Å². The second-order valence-electron chi connectivity index (χ2n) is 5.47. The number of aromatic nitrogens is 2. The molecule has 0 saturated carbocycles. The van der Waals surface area contributed by atoms with Crippen LogP contribution in [-0.4, -0.2) is 32.6 Å². The number of nitro groups is 1. The zero-order valence-electron chi connectivity index (χ0n) is 12.0. The predicted octanol–water partition coefficient (Wildman–Crippen LogP) is 2.52. The molecule has 0 radical (unpaired) electrons. The van der Waals surface area contributed by atoms with Gasteiger partial charge < -0.3 is 10.4 Å². The van der Waals surface area contributed by atoms with E-state index in [1.807, 2.05) is 27.7 Å². The molecule has 0 aromatic carbocycles. The summed E-state index contributed by atoms with van der Waals surface area (Å²) in [5.74, 6) is 0.448. The summed E-state index contributed by atoms with van der Waals surface area (Å²) in [7, 11) is 0. The fraction of sp³-hybridized carbons (Fsp3) is 0.667. The quantitative estimate of drug-likeness (QED) is 0.492. The van der Waals surface area contributed by atoms with Crippen molar-refractivity contribution in [2.75, 3.05) is 11.9 Å². The molecule has 0 bridgehead atoms. The Kier molecular flexibility index (Phi) is 5.24. The van der Waals surface area contributed by atoms with Crippen LogP contribution in [0.2, 0.25) is 5.15 Å². The van der Waals surface area contributed by atoms with E-state index in [0.29, 0.717) is 12.2 Å². The highest BCUT2D eigenvalue weighted by Gasteiger charge is 2.28. The van der Waals surface area contributed by atoms with Gasteiger partial charge in [0.25, 0.3) is 0 Å². The average molecular weight is 303 g/mol. The van der Waals surface area contributed by atoms with E-state index in [2.05, 4.69) is 15.3 Å². The van der Waals surface area contributed by atoms with Crippen molar-refractivity contribution in [2.24, 2.45) is 0 Å². The largest absolute Gasteiger partial charge is 0.394 e. The molecular weight excluding hydrogens is 284 g/mol. The van der Waals surface area contributed by atoms with Gasteiger partial charge in [0.1, 0.15) is 5.82 Å². The van der Waals surface area contributed by atoms with Crippen molar-refractivity contribution in [3.63, 3.8) is 0 Å². The Balaban J connectivity index is 3.36. The molecule has 0 aliphatic rings. The molecule has 112 valence electrons. The molecule has 0 fully saturated rings. The van der Waals surface area contributed by atoms with Gasteiger partial charge in [-0.05, 0) is 6.42 Å². The SMILES string of the molecule is CCC(CO)Nc1nc(C(C)(C)C)nc(Cl)c1[N+](=O)[O-]. The standard InChI is InChI=1S/C12H19ClN4O3/c1-5-7(6-18)14-10-8(17(19)20)9(13)15-11(16-10)12(2,3)4/h7,18H,5-6H2,1-4H3,(H,14,15,16). The first-order valence-electron chi connectivity index (χ1n) is 6.30. The highest BCUT2D eigenvalue weighted by molar-refractivity contribution is 6.31. The summed E-state index contributed by atoms with van der Waals surface area (Å²) in [4.78, 5) is 18.7. The van der Waals surface area contributed by atoms with E-state index >= 15 is 0 Å². The van der Waals surface area contributed by atoms with Gasteiger partial charge in [0.05, 0.1) is 17.6 Å². The summed E-state index contributed by atoms with van der Waals surface area (Å²) in [5.41, 5.74) is -0.762. The van der Waals surface area contributed by atoms with Crippen molar-refractivity contribution in [3.8, 4) is 0 Å². The van der Waals surface area contributed by atoms with Crippen molar-refractivity contribution in [1.29, 1.82) is 0 Å². The van der Waals surface area contributed by atoms with Crippen molar-refractivity contribution >= 4 is 23.1 Å². The summed E-state index contributed by atoms with van der Waals surface area (Å²) in [6, 6.07) is -0.326. The lowest BCUT2D eigenvalue weighted by Crippen LogP contribution is -2.26. The molecule has 0 saturated heterocycles. The monoisotopic (exact) mass is 302 g/mol. The minimum Gasteiger partial charge on any atom is -0.394 e. The second kappa shape index (κ2) is 6.32. The molecular formula is C12H19ClN4O3. The number of aliphatic hydroxyl groups excluding tert-OH is 1. The van der Waals surface area contributed by atoms with E-state index < -0.39 is 10.3 Å². The zero-order chi connectivity index (χ0) is 15.5. The van der Waals surface area contributed by atoms with Crippen LogP contribution in [0.15, 0.2) is 0 Å². The van der Waals surface area contributed by atoms with Crippen molar-refractivity contribution in [1.82, 2.24) is 9.97 Å². The Labute approximate surface area is 122 Å². The number of halogens is 1. The summed E-state index contributed by atoms with van der Waals surface area (Å²) in [5, 5.41) is 23.0. The zero-order valence-corrected chi connectivity index (χ0v) is 12.7. The van der Waals surface area contributed by atoms with Crippen molar-refractivity contribution in [3.05, 3.63) is 21.1 Å². The van der Waals surface area contributed by atoms with Gasteiger partial charge >= 0.3 is 5.69 Å². The maximum Gasteiger partial charge on any atom is 0.348 e. The minimum absolute atomic E-state index is 0.0424. The predicted molar refractivity (Wildman–Crippen MR) is 77.2 cm³/mol. The van der Waals surface area contributed by atoms with Gasteiger partial charge in [0, 0.05) is 5.41 Å². The first kappa shape index (κ1) is 16.6. The molecule has 1 unspecified atom stereocenters. The molecule has 7 nitrogen and oxygen atoms in total. The maximum atomic E-state index is 11.1. The van der Waals surface area contributed by atoms with E-state index in [1.165, 1.54) is 0 Å². The van der Waals surface area contributed by atoms with Crippen LogP contribution in [0.5, 0.6) is 0 Å². The molecule has 2 N–H and O–H groups in total. The number of nitrogens with zero attached hydrogens (tertiary/aromatic N) is 3. The highest BCUT2D eigenvalue weighted by Crippen LogP contribution is 2.33. The van der Waals surface area contributed by atoms with E-state index in [4.69, 9.17) is 11.6 Å². The Bertz CT molecular complexity index is 498. The Morgan fingerprint density at radius 2 is 2.05 bits per heavy atom. The second-order valence-corrected chi connectivity index (χ2v) is 5.83. The van der Waals surface area contributed by atoms with E-state index in [1.54, 1.807) is 0 Å². The molecule has 1 heterocycles. The number of anilines is 1.